The van der Waals surface area contributed by atoms with Gasteiger partial charge in [0.2, 0.25) is 0 Å². The maximum absolute atomic E-state index is 14.5. The number of aliphatic hydroxyl groups excluding tert-OH is 4. The lowest BCUT2D eigenvalue weighted by atomic mass is 10.1. The van der Waals surface area contributed by atoms with Crippen molar-refractivity contribution >= 4 is 193 Å². The average Bonchev–Trinajstić information content (AvgIpc) is 1.70. The summed E-state index contributed by atoms with van der Waals surface area (Å²) in [7, 11) is 10.8. The summed E-state index contributed by atoms with van der Waals surface area (Å²) < 4.78 is 86.9. The third-order valence-corrected chi connectivity index (χ3v) is 18.5. The Morgan fingerprint density at radius 3 is 1.11 bits per heavy atom. The highest BCUT2D eigenvalue weighted by molar-refractivity contribution is 14.1. The SMILES string of the molecule is CN(C)Cc1cc2c(=O)n(C)c(Nc3ccc(I)cc3F)c(C(=O)NOCCO)c2o1.COc1c(C(=O)NOCCO)c(Nc2ccc(I)cc2F)n(C)c(=O)c1C.Cc1cc2c(=O)n(C)c(Nc3ccc(I)cc3F)c(C(=O)NOCCO)c2o1.Cn1c(Nc2ccc(I)cc2F)c(C(=O)NOCCO)c2occc2c1=O. The lowest BCUT2D eigenvalue weighted by Crippen LogP contribution is -2.31. The van der Waals surface area contributed by atoms with E-state index in [9.17, 15) is 55.9 Å². The standard InChI is InChI=1S/C20H22FIN4O5.C18H17FIN3O5.C17H15FIN3O5.C17H19FIN3O5/c1-25(2)10-12-9-13-17(31-12)16(19(28)24-30-7-6-27)18(26(3)20(13)29)23-15-5-4-11(22)8-14(15)21;1-9-7-11-15(28-9)14(17(25)22-27-6-5-24)16(23(2)18(11)26)21-13-4-3-10(20)8-12(13)19;1-22-15(20-12-3-2-9(19)8-11(12)18)13(16(24)21-27-7-5-23)14-10(17(22)25)4-6-26-14;1-9-14(26-3)13(16(24)21-27-7-6-23)15(22(2)17(9)25)20-12-5-4-10(19)8-11(12)18/h4-5,8-9,23,27H,6-7,10H2,1-3H3,(H,24,28);3-4,7-8,21,24H,5-6H2,1-2H3,(H,22,25);2-4,6,8,20,23H,5,7H2,1H3,(H,21,24);4-5,8,20,23H,6-7H2,1-3H3,(H,21,24). The van der Waals surface area contributed by atoms with Crippen LogP contribution in [0.1, 0.15) is 58.5 Å². The molecule has 33 nitrogen and oxygen atoms in total. The summed E-state index contributed by atoms with van der Waals surface area (Å²) in [6, 6.07) is 22.6. The second kappa shape index (κ2) is 41.0. The molecule has 0 aliphatic carbocycles. The number of methoxy groups -OCH3 is 1. The van der Waals surface area contributed by atoms with Crippen LogP contribution in [0.2, 0.25) is 0 Å². The van der Waals surface area contributed by atoms with Crippen LogP contribution in [0.25, 0.3) is 32.9 Å². The highest BCUT2D eigenvalue weighted by Gasteiger charge is 2.31. The number of hydrogen-bond acceptors (Lipinski definition) is 25. The molecule has 41 heteroatoms. The van der Waals surface area contributed by atoms with E-state index in [4.69, 9.17) is 57.8 Å². The zero-order valence-corrected chi connectivity index (χ0v) is 69.8. The summed E-state index contributed by atoms with van der Waals surface area (Å²) in [4.78, 5) is 123. The number of ether oxygens (including phenoxy) is 1. The first-order chi connectivity index (χ1) is 53.8. The quantitative estimate of drug-likeness (QED) is 0.00988. The number of fused-ring (bicyclic) bond motifs is 3. The average molecular weight is 2020 g/mol. The Kier molecular flexibility index (Phi) is 32.3. The third-order valence-electron chi connectivity index (χ3n) is 15.8. The fourth-order valence-corrected chi connectivity index (χ4v) is 12.5. The number of carbonyl (C=O) groups is 4. The summed E-state index contributed by atoms with van der Waals surface area (Å²) >= 11 is 7.90. The number of hydroxylamine groups is 4. The second-order valence-electron chi connectivity index (χ2n) is 24.0. The molecule has 4 aromatic carbocycles. The van der Waals surface area contributed by atoms with E-state index >= 15 is 0 Å². The van der Waals surface area contributed by atoms with Crippen molar-refractivity contribution in [3.8, 4) is 5.75 Å². The predicted octanol–water partition coefficient (Wildman–Crippen LogP) is 9.03. The molecule has 0 unspecified atom stereocenters. The highest BCUT2D eigenvalue weighted by atomic mass is 127. The molecule has 0 radical (unpaired) electrons. The normalized spacial score (nSPS) is 11.0. The molecule has 7 heterocycles. The van der Waals surface area contributed by atoms with Gasteiger partial charge in [-0.3, -0.25) is 76.0 Å². The van der Waals surface area contributed by atoms with E-state index < -0.39 is 69.1 Å². The second-order valence-corrected chi connectivity index (χ2v) is 29.0. The number of nitrogens with one attached hydrogen (secondary N) is 8. The van der Waals surface area contributed by atoms with Crippen molar-refractivity contribution in [2.24, 2.45) is 28.2 Å². The summed E-state index contributed by atoms with van der Waals surface area (Å²) in [5.74, 6) is -3.93. The molecule has 602 valence electrons. The fourth-order valence-electron chi connectivity index (χ4n) is 10.7. The molecule has 7 aromatic heterocycles. The van der Waals surface area contributed by atoms with E-state index in [0.717, 1.165) is 0 Å². The minimum Gasteiger partial charge on any atom is -0.495 e. The fraction of sp³-hybridized carbons (Fsp3) is 0.250. The molecule has 0 bridgehead atoms. The van der Waals surface area contributed by atoms with E-state index in [1.807, 2.05) is 109 Å². The Morgan fingerprint density at radius 1 is 0.442 bits per heavy atom. The molecule has 0 aliphatic rings. The van der Waals surface area contributed by atoms with Crippen LogP contribution >= 0.6 is 90.4 Å². The van der Waals surface area contributed by atoms with Gasteiger partial charge in [0.15, 0.2) is 16.7 Å². The first kappa shape index (κ1) is 89.0. The van der Waals surface area contributed by atoms with Gasteiger partial charge in [-0.05, 0) is 209 Å². The third kappa shape index (κ3) is 21.7. The van der Waals surface area contributed by atoms with Crippen LogP contribution < -0.4 is 70.2 Å². The summed E-state index contributed by atoms with van der Waals surface area (Å²) in [5, 5.41) is 47.1. The van der Waals surface area contributed by atoms with Gasteiger partial charge >= 0.3 is 0 Å². The number of furan rings is 3. The lowest BCUT2D eigenvalue weighted by molar-refractivity contribution is 0.0164. The van der Waals surface area contributed by atoms with Gasteiger partial charge in [-0.1, -0.05) is 0 Å². The molecule has 0 fully saturated rings. The topological polar surface area (TPSA) is 422 Å². The molecule has 11 aromatic rings. The number of hydrogen-bond donors (Lipinski definition) is 12. The van der Waals surface area contributed by atoms with E-state index in [-0.39, 0.29) is 165 Å². The Balaban J connectivity index is 0.000000189. The maximum Gasteiger partial charge on any atom is 0.282 e. The highest BCUT2D eigenvalue weighted by Crippen LogP contribution is 2.35. The molecule has 113 heavy (non-hydrogen) atoms. The lowest BCUT2D eigenvalue weighted by Gasteiger charge is -2.20. The summed E-state index contributed by atoms with van der Waals surface area (Å²) in [6.07, 6.45) is 1.28. The Morgan fingerprint density at radius 2 is 0.761 bits per heavy atom. The maximum atomic E-state index is 14.5. The van der Waals surface area contributed by atoms with E-state index in [1.165, 1.54) is 127 Å². The van der Waals surface area contributed by atoms with Gasteiger partial charge in [0.1, 0.15) is 86.1 Å². The summed E-state index contributed by atoms with van der Waals surface area (Å²) in [6.45, 7) is 1.93. The van der Waals surface area contributed by atoms with Gasteiger partial charge in [-0.15, -0.1) is 0 Å². The first-order valence-electron chi connectivity index (χ1n) is 33.1. The Labute approximate surface area is 692 Å². The van der Waals surface area contributed by atoms with Gasteiger partial charge < -0.3 is 64.6 Å². The Bertz CT molecular complexity index is 5610. The molecule has 4 amide bonds. The smallest absolute Gasteiger partial charge is 0.282 e. The number of rotatable bonds is 27. The van der Waals surface area contributed by atoms with Crippen molar-refractivity contribution in [3.05, 3.63) is 216 Å². The van der Waals surface area contributed by atoms with E-state index in [0.29, 0.717) is 32.3 Å². The van der Waals surface area contributed by atoms with Gasteiger partial charge in [0.05, 0.1) is 117 Å². The van der Waals surface area contributed by atoms with Gasteiger partial charge in [-0.25, -0.2) is 39.5 Å². The number of benzene rings is 4. The van der Waals surface area contributed by atoms with Gasteiger partial charge in [0, 0.05) is 42.5 Å². The van der Waals surface area contributed by atoms with Crippen LogP contribution in [0.15, 0.2) is 130 Å². The molecular weight excluding hydrogens is 1950 g/mol. The minimum atomic E-state index is -0.715. The number of aryl methyl sites for hydroxylation is 1. The molecule has 0 aliphatic heterocycles. The van der Waals surface area contributed by atoms with Crippen LogP contribution in [-0.4, -0.2) is 141 Å². The number of pyridine rings is 4. The van der Waals surface area contributed by atoms with Crippen LogP contribution in [0.3, 0.4) is 0 Å². The van der Waals surface area contributed by atoms with Crippen molar-refractivity contribution < 1.29 is 94.5 Å². The minimum absolute atomic E-state index is 0.0268. The van der Waals surface area contributed by atoms with Crippen molar-refractivity contribution in [2.45, 2.75) is 20.4 Å². The van der Waals surface area contributed by atoms with E-state index in [2.05, 4.69) is 43.2 Å². The summed E-state index contributed by atoms with van der Waals surface area (Å²) in [5.41, 5.74) is 7.67. The number of amides is 4. The van der Waals surface area contributed by atoms with Crippen LogP contribution in [-0.2, 0) is 54.1 Å². The number of nitrogens with zero attached hydrogens (tertiary/aromatic N) is 5. The molecule has 12 N–H and O–H groups in total. The van der Waals surface area contributed by atoms with Crippen LogP contribution in [0, 0.1) is 51.4 Å². The van der Waals surface area contributed by atoms with Crippen molar-refractivity contribution in [3.63, 3.8) is 0 Å². The zero-order chi connectivity index (χ0) is 82.8. The number of aromatic nitrogens is 4. The molecule has 0 atom stereocenters. The monoisotopic (exact) mass is 2020 g/mol. The zero-order valence-electron chi connectivity index (χ0n) is 61.2. The number of carbonyl (C=O) groups excluding carboxylic acids is 4. The Hall–Kier alpha value is -9.54. The first-order valence-corrected chi connectivity index (χ1v) is 37.4. The molecule has 0 saturated carbocycles. The van der Waals surface area contributed by atoms with Crippen LogP contribution in [0.4, 0.5) is 63.6 Å². The van der Waals surface area contributed by atoms with Crippen molar-refractivity contribution in [1.29, 1.82) is 0 Å². The molecule has 11 rings (SSSR count). The molecule has 0 saturated heterocycles. The van der Waals surface area contributed by atoms with Crippen molar-refractivity contribution in [1.82, 2.24) is 45.1 Å². The van der Waals surface area contributed by atoms with Crippen LogP contribution in [0.5, 0.6) is 5.75 Å². The largest absolute Gasteiger partial charge is 0.495 e. The number of anilines is 8. The van der Waals surface area contributed by atoms with E-state index in [1.54, 1.807) is 37.3 Å². The number of halogens is 8. The molecular formula is C72H73F4I4N13O20. The number of aliphatic hydroxyl groups is 4. The van der Waals surface area contributed by atoms with Gasteiger partial charge in [0.25, 0.3) is 45.9 Å². The van der Waals surface area contributed by atoms with Gasteiger partial charge in [-0.2, -0.15) is 0 Å². The van der Waals surface area contributed by atoms with Crippen molar-refractivity contribution in [2.75, 3.05) is 95.3 Å². The molecule has 0 spiro atoms. The predicted molar refractivity (Wildman–Crippen MR) is 441 cm³/mol.